The molecule has 2 fully saturated rings. The van der Waals surface area contributed by atoms with Crippen molar-refractivity contribution < 1.29 is 4.79 Å². The maximum Gasteiger partial charge on any atom is 0.235 e. The molecule has 1 aliphatic carbocycles. The summed E-state index contributed by atoms with van der Waals surface area (Å²) in [5, 5.41) is 0. The third kappa shape index (κ3) is 2.99. The number of hydrogen-bond acceptors (Lipinski definition) is 3. The minimum atomic E-state index is -0.0459. The molecule has 4 heteroatoms. The first-order valence-electron chi connectivity index (χ1n) is 6.97. The third-order valence-corrected chi connectivity index (χ3v) is 4.49. The number of hydrazine groups is 1. The molecule has 1 aliphatic heterocycles. The second kappa shape index (κ2) is 5.83. The van der Waals surface area contributed by atoms with Crippen molar-refractivity contribution in [2.75, 3.05) is 6.54 Å². The van der Waals surface area contributed by atoms with Crippen molar-refractivity contribution in [2.24, 2.45) is 11.8 Å². The van der Waals surface area contributed by atoms with Crippen LogP contribution in [-0.4, -0.2) is 29.4 Å². The van der Waals surface area contributed by atoms with Gasteiger partial charge in [-0.05, 0) is 45.1 Å². The number of hydrogen-bond donors (Lipinski definition) is 2. The van der Waals surface area contributed by atoms with Crippen LogP contribution in [0, 0.1) is 5.92 Å². The smallest absolute Gasteiger partial charge is 0.235 e. The van der Waals surface area contributed by atoms with Crippen LogP contribution in [-0.2, 0) is 4.79 Å². The van der Waals surface area contributed by atoms with Crippen LogP contribution in [0.1, 0.15) is 51.9 Å². The number of rotatable bonds is 3. The average Bonchev–Trinajstić information content (AvgIpc) is 2.37. The highest BCUT2D eigenvalue weighted by Gasteiger charge is 2.35. The van der Waals surface area contributed by atoms with E-state index in [0.29, 0.717) is 12.5 Å². The molecule has 1 saturated heterocycles. The van der Waals surface area contributed by atoms with Crippen LogP contribution in [0.5, 0.6) is 0 Å². The molecule has 2 aliphatic rings. The van der Waals surface area contributed by atoms with Gasteiger partial charge in [-0.15, -0.1) is 0 Å². The van der Waals surface area contributed by atoms with E-state index in [1.807, 2.05) is 0 Å². The lowest BCUT2D eigenvalue weighted by molar-refractivity contribution is -0.122. The molecule has 0 aromatic heterocycles. The quantitative estimate of drug-likeness (QED) is 0.445. The first-order chi connectivity index (χ1) is 8.22. The van der Waals surface area contributed by atoms with Crippen LogP contribution in [0.15, 0.2) is 0 Å². The fourth-order valence-corrected chi connectivity index (χ4v) is 3.66. The van der Waals surface area contributed by atoms with E-state index in [-0.39, 0.29) is 5.91 Å². The van der Waals surface area contributed by atoms with E-state index in [4.69, 9.17) is 5.84 Å². The molecule has 0 bridgehead atoms. The molecule has 0 spiro atoms. The molecular formula is C13H25N3O. The van der Waals surface area contributed by atoms with Crippen molar-refractivity contribution in [3.05, 3.63) is 0 Å². The molecule has 0 aromatic carbocycles. The molecule has 1 amide bonds. The standard InChI is InChI=1S/C13H25N3O/c1-10(9-13(17)15-14)16-8-4-6-11-5-2-3-7-12(11)16/h10-12H,2-9,14H2,1H3,(H,15,17). The van der Waals surface area contributed by atoms with Gasteiger partial charge in [0.25, 0.3) is 0 Å². The number of nitrogens with two attached hydrogens (primary N) is 1. The lowest BCUT2D eigenvalue weighted by atomic mass is 9.77. The SMILES string of the molecule is CC(CC(=O)NN)N1CCCC2CCCCC21. The maximum absolute atomic E-state index is 11.4. The maximum atomic E-state index is 11.4. The summed E-state index contributed by atoms with van der Waals surface area (Å²) in [4.78, 5) is 13.9. The number of nitrogens with one attached hydrogen (secondary N) is 1. The Balaban J connectivity index is 1.95. The normalized spacial score (nSPS) is 31.6. The summed E-state index contributed by atoms with van der Waals surface area (Å²) >= 11 is 0. The van der Waals surface area contributed by atoms with Crippen molar-refractivity contribution in [3.63, 3.8) is 0 Å². The van der Waals surface area contributed by atoms with Crippen LogP contribution in [0.2, 0.25) is 0 Å². The zero-order valence-electron chi connectivity index (χ0n) is 10.8. The fraction of sp³-hybridized carbons (Fsp3) is 0.923. The molecule has 98 valence electrons. The van der Waals surface area contributed by atoms with Crippen molar-refractivity contribution >= 4 is 5.91 Å². The van der Waals surface area contributed by atoms with Gasteiger partial charge in [-0.25, -0.2) is 5.84 Å². The Morgan fingerprint density at radius 2 is 2.06 bits per heavy atom. The van der Waals surface area contributed by atoms with Gasteiger partial charge in [-0.1, -0.05) is 12.8 Å². The number of amides is 1. The summed E-state index contributed by atoms with van der Waals surface area (Å²) < 4.78 is 0. The van der Waals surface area contributed by atoms with Crippen molar-refractivity contribution in [1.82, 2.24) is 10.3 Å². The van der Waals surface area contributed by atoms with E-state index in [1.165, 1.54) is 38.5 Å². The van der Waals surface area contributed by atoms with Gasteiger partial charge in [-0.2, -0.15) is 0 Å². The van der Waals surface area contributed by atoms with E-state index in [0.717, 1.165) is 18.5 Å². The van der Waals surface area contributed by atoms with Gasteiger partial charge in [0.2, 0.25) is 5.91 Å². The molecule has 1 heterocycles. The second-order valence-electron chi connectivity index (χ2n) is 5.61. The highest BCUT2D eigenvalue weighted by Crippen LogP contribution is 2.36. The lowest BCUT2D eigenvalue weighted by Crippen LogP contribution is -2.51. The molecular weight excluding hydrogens is 214 g/mol. The van der Waals surface area contributed by atoms with E-state index < -0.39 is 0 Å². The van der Waals surface area contributed by atoms with Gasteiger partial charge < -0.3 is 0 Å². The van der Waals surface area contributed by atoms with Gasteiger partial charge in [0.05, 0.1) is 0 Å². The molecule has 4 nitrogen and oxygen atoms in total. The zero-order chi connectivity index (χ0) is 12.3. The molecule has 3 atom stereocenters. The molecule has 0 aromatic rings. The third-order valence-electron chi connectivity index (χ3n) is 4.49. The first kappa shape index (κ1) is 12.8. The first-order valence-corrected chi connectivity index (χ1v) is 6.97. The highest BCUT2D eigenvalue weighted by atomic mass is 16.2. The van der Waals surface area contributed by atoms with Gasteiger partial charge in [-0.3, -0.25) is 15.1 Å². The summed E-state index contributed by atoms with van der Waals surface area (Å²) in [5.41, 5.74) is 2.24. The average molecular weight is 239 g/mol. The van der Waals surface area contributed by atoms with E-state index >= 15 is 0 Å². The number of fused-ring (bicyclic) bond motifs is 1. The van der Waals surface area contributed by atoms with Crippen LogP contribution in [0.25, 0.3) is 0 Å². The molecule has 0 radical (unpaired) electrons. The van der Waals surface area contributed by atoms with Crippen molar-refractivity contribution in [1.29, 1.82) is 0 Å². The van der Waals surface area contributed by atoms with E-state index in [2.05, 4.69) is 17.2 Å². The van der Waals surface area contributed by atoms with E-state index in [1.54, 1.807) is 0 Å². The minimum absolute atomic E-state index is 0.0459. The Morgan fingerprint density at radius 1 is 1.35 bits per heavy atom. The Kier molecular flexibility index (Phi) is 4.40. The van der Waals surface area contributed by atoms with Gasteiger partial charge in [0.15, 0.2) is 0 Å². The van der Waals surface area contributed by atoms with E-state index in [9.17, 15) is 4.79 Å². The van der Waals surface area contributed by atoms with Crippen LogP contribution in [0.3, 0.4) is 0 Å². The summed E-state index contributed by atoms with van der Waals surface area (Å²) in [5.74, 6) is 5.99. The minimum Gasteiger partial charge on any atom is -0.297 e. The van der Waals surface area contributed by atoms with Gasteiger partial charge in [0, 0.05) is 18.5 Å². The number of nitrogens with zero attached hydrogens (tertiary/aromatic N) is 1. The molecule has 1 saturated carbocycles. The Bertz CT molecular complexity index is 267. The highest BCUT2D eigenvalue weighted by molar-refractivity contribution is 5.75. The molecule has 3 N–H and O–H groups in total. The van der Waals surface area contributed by atoms with Crippen molar-refractivity contribution in [2.45, 2.75) is 64.0 Å². The monoisotopic (exact) mass is 239 g/mol. The van der Waals surface area contributed by atoms with Crippen molar-refractivity contribution in [3.8, 4) is 0 Å². The van der Waals surface area contributed by atoms with Crippen LogP contribution >= 0.6 is 0 Å². The van der Waals surface area contributed by atoms with Crippen LogP contribution in [0.4, 0.5) is 0 Å². The predicted octanol–water partition coefficient (Wildman–Crippen LogP) is 1.41. The van der Waals surface area contributed by atoms with Crippen LogP contribution < -0.4 is 11.3 Å². The topological polar surface area (TPSA) is 58.4 Å². The Morgan fingerprint density at radius 3 is 2.82 bits per heavy atom. The fourth-order valence-electron chi connectivity index (χ4n) is 3.66. The molecule has 2 rings (SSSR count). The number of carbonyl (C=O) groups excluding carboxylic acids is 1. The largest absolute Gasteiger partial charge is 0.297 e. The van der Waals surface area contributed by atoms with Gasteiger partial charge in [0.1, 0.15) is 0 Å². The summed E-state index contributed by atoms with van der Waals surface area (Å²) in [7, 11) is 0. The Hall–Kier alpha value is -0.610. The summed E-state index contributed by atoms with van der Waals surface area (Å²) in [6.45, 7) is 3.31. The summed E-state index contributed by atoms with van der Waals surface area (Å²) in [6, 6.07) is 1.04. The second-order valence-corrected chi connectivity index (χ2v) is 5.61. The molecule has 3 unspecified atom stereocenters. The zero-order valence-corrected chi connectivity index (χ0v) is 10.8. The number of carbonyl (C=O) groups is 1. The molecule has 17 heavy (non-hydrogen) atoms. The lowest BCUT2D eigenvalue weighted by Gasteiger charge is -2.46. The predicted molar refractivity (Wildman–Crippen MR) is 68.1 cm³/mol. The van der Waals surface area contributed by atoms with Gasteiger partial charge >= 0.3 is 0 Å². The number of likely N-dealkylation sites (tertiary alicyclic amines) is 1. The number of piperidine rings is 1. The Labute approximate surface area is 104 Å². The summed E-state index contributed by atoms with van der Waals surface area (Å²) in [6.07, 6.45) is 8.66.